The third-order valence-electron chi connectivity index (χ3n) is 3.68. The molecule has 0 radical (unpaired) electrons. The molecule has 2 N–H and O–H groups in total. The fraction of sp³-hybridized carbons (Fsp3) is 0.500. The highest BCUT2D eigenvalue weighted by molar-refractivity contribution is 6.30. The topological polar surface area (TPSA) is 61.8 Å². The number of carbonyl (C=O) groups is 1. The molecule has 1 heterocycles. The van der Waals surface area contributed by atoms with Crippen molar-refractivity contribution in [3.63, 3.8) is 0 Å². The molecule has 110 valence electrons. The number of hydrogen-bond donors (Lipinski definition) is 2. The van der Waals surface area contributed by atoms with Gasteiger partial charge in [0.25, 0.3) is 0 Å². The maximum atomic E-state index is 11.0. The van der Waals surface area contributed by atoms with Crippen LogP contribution in [0.3, 0.4) is 0 Å². The summed E-state index contributed by atoms with van der Waals surface area (Å²) in [5, 5.41) is 13.1. The number of ether oxygens (including phenoxy) is 1. The summed E-state index contributed by atoms with van der Waals surface area (Å²) in [6, 6.07) is 5.68. The van der Waals surface area contributed by atoms with Gasteiger partial charge < -0.3 is 20.1 Å². The first-order valence-corrected chi connectivity index (χ1v) is 6.97. The summed E-state index contributed by atoms with van der Waals surface area (Å²) in [7, 11) is 1.60. The van der Waals surface area contributed by atoms with E-state index < -0.39 is 6.09 Å². The van der Waals surface area contributed by atoms with Crippen molar-refractivity contribution in [3.8, 4) is 5.75 Å². The highest BCUT2D eigenvalue weighted by Gasteiger charge is 2.28. The molecule has 1 amide bonds. The standard InChI is InChI=1S/C14H19ClN2O3/c1-9-8-17(14(18)19)6-5-11(9)16-12-4-3-10(15)7-13(12)20-2/h3-4,7,9,11,16H,5-6,8H2,1-2H3,(H,18,19)/t9-,11-/m0/s1. The zero-order valence-electron chi connectivity index (χ0n) is 11.6. The highest BCUT2D eigenvalue weighted by Crippen LogP contribution is 2.30. The van der Waals surface area contributed by atoms with Gasteiger partial charge >= 0.3 is 6.09 Å². The maximum Gasteiger partial charge on any atom is 0.407 e. The Morgan fingerprint density at radius 3 is 2.90 bits per heavy atom. The summed E-state index contributed by atoms with van der Waals surface area (Å²) >= 11 is 5.94. The number of nitrogens with one attached hydrogen (secondary N) is 1. The number of benzene rings is 1. The number of methoxy groups -OCH3 is 1. The highest BCUT2D eigenvalue weighted by atomic mass is 35.5. The van der Waals surface area contributed by atoms with E-state index in [4.69, 9.17) is 21.4 Å². The molecule has 0 spiro atoms. The first kappa shape index (κ1) is 14.8. The third kappa shape index (κ3) is 3.28. The lowest BCUT2D eigenvalue weighted by molar-refractivity contribution is 0.119. The summed E-state index contributed by atoms with van der Waals surface area (Å²) in [5.41, 5.74) is 0.887. The van der Waals surface area contributed by atoms with Crippen LogP contribution in [-0.2, 0) is 0 Å². The maximum absolute atomic E-state index is 11.0. The summed E-state index contributed by atoms with van der Waals surface area (Å²) in [6.45, 7) is 3.14. The lowest BCUT2D eigenvalue weighted by Crippen LogP contribution is -2.47. The molecule has 0 saturated carbocycles. The number of amides is 1. The number of anilines is 1. The average molecular weight is 299 g/mol. The van der Waals surface area contributed by atoms with Crippen molar-refractivity contribution >= 4 is 23.4 Å². The number of carboxylic acid groups (broad SMARTS) is 1. The zero-order chi connectivity index (χ0) is 14.7. The van der Waals surface area contributed by atoms with E-state index in [0.717, 1.165) is 12.1 Å². The zero-order valence-corrected chi connectivity index (χ0v) is 12.4. The van der Waals surface area contributed by atoms with Crippen molar-refractivity contribution in [1.29, 1.82) is 0 Å². The van der Waals surface area contributed by atoms with E-state index in [0.29, 0.717) is 23.9 Å². The van der Waals surface area contributed by atoms with Crippen molar-refractivity contribution in [2.24, 2.45) is 5.92 Å². The lowest BCUT2D eigenvalue weighted by atomic mass is 9.94. The first-order valence-electron chi connectivity index (χ1n) is 6.59. The molecule has 5 nitrogen and oxygen atoms in total. The number of hydrogen-bond acceptors (Lipinski definition) is 3. The van der Waals surface area contributed by atoms with Gasteiger partial charge in [0.05, 0.1) is 12.8 Å². The Balaban J connectivity index is 2.06. The Bertz CT molecular complexity index is 495. The van der Waals surface area contributed by atoms with E-state index in [1.807, 2.05) is 12.1 Å². The predicted molar refractivity (Wildman–Crippen MR) is 78.8 cm³/mol. The Morgan fingerprint density at radius 2 is 2.30 bits per heavy atom. The molecular weight excluding hydrogens is 280 g/mol. The van der Waals surface area contributed by atoms with E-state index in [2.05, 4.69) is 12.2 Å². The van der Waals surface area contributed by atoms with Crippen LogP contribution in [0.5, 0.6) is 5.75 Å². The Hall–Kier alpha value is -1.62. The molecule has 1 aliphatic heterocycles. The van der Waals surface area contributed by atoms with Crippen LogP contribution in [0.2, 0.25) is 5.02 Å². The van der Waals surface area contributed by atoms with Gasteiger partial charge in [-0.25, -0.2) is 4.79 Å². The SMILES string of the molecule is COc1cc(Cl)ccc1N[C@H]1CCN(C(=O)O)C[C@@H]1C. The van der Waals surface area contributed by atoms with Gasteiger partial charge in [0.1, 0.15) is 5.75 Å². The van der Waals surface area contributed by atoms with E-state index in [-0.39, 0.29) is 12.0 Å². The van der Waals surface area contributed by atoms with Crippen LogP contribution in [0.15, 0.2) is 18.2 Å². The minimum Gasteiger partial charge on any atom is -0.495 e. The van der Waals surface area contributed by atoms with Crippen LogP contribution in [0.4, 0.5) is 10.5 Å². The Morgan fingerprint density at radius 1 is 1.55 bits per heavy atom. The molecule has 1 fully saturated rings. The largest absolute Gasteiger partial charge is 0.495 e. The van der Waals surface area contributed by atoms with E-state index in [1.54, 1.807) is 13.2 Å². The molecule has 1 aromatic carbocycles. The molecule has 1 aromatic rings. The van der Waals surface area contributed by atoms with Gasteiger partial charge in [0, 0.05) is 30.2 Å². The molecular formula is C14H19ClN2O3. The monoisotopic (exact) mass is 298 g/mol. The number of rotatable bonds is 3. The Labute approximate surface area is 123 Å². The summed E-state index contributed by atoms with van der Waals surface area (Å²) in [4.78, 5) is 12.4. The van der Waals surface area contributed by atoms with Crippen LogP contribution in [0, 0.1) is 5.92 Å². The fourth-order valence-electron chi connectivity index (χ4n) is 2.52. The molecule has 2 atom stereocenters. The normalized spacial score (nSPS) is 22.4. The fourth-order valence-corrected chi connectivity index (χ4v) is 2.68. The lowest BCUT2D eigenvalue weighted by Gasteiger charge is -2.36. The molecule has 0 aliphatic carbocycles. The smallest absolute Gasteiger partial charge is 0.407 e. The van der Waals surface area contributed by atoms with E-state index >= 15 is 0 Å². The second kappa shape index (κ2) is 6.22. The van der Waals surface area contributed by atoms with Gasteiger partial charge in [-0.05, 0) is 24.5 Å². The second-order valence-corrected chi connectivity index (χ2v) is 5.53. The van der Waals surface area contributed by atoms with Crippen LogP contribution in [0.1, 0.15) is 13.3 Å². The van der Waals surface area contributed by atoms with E-state index in [9.17, 15) is 4.79 Å². The van der Waals surface area contributed by atoms with Crippen LogP contribution >= 0.6 is 11.6 Å². The molecule has 6 heteroatoms. The second-order valence-electron chi connectivity index (χ2n) is 5.09. The molecule has 20 heavy (non-hydrogen) atoms. The quantitative estimate of drug-likeness (QED) is 0.900. The van der Waals surface area contributed by atoms with Crippen molar-refractivity contribution in [2.75, 3.05) is 25.5 Å². The van der Waals surface area contributed by atoms with Crippen molar-refractivity contribution in [2.45, 2.75) is 19.4 Å². The number of halogens is 1. The van der Waals surface area contributed by atoms with Crippen molar-refractivity contribution in [1.82, 2.24) is 4.90 Å². The van der Waals surface area contributed by atoms with Gasteiger partial charge in [-0.1, -0.05) is 18.5 Å². The number of piperidine rings is 1. The summed E-state index contributed by atoms with van der Waals surface area (Å²) in [6.07, 6.45) is -0.0708. The minimum atomic E-state index is -0.848. The van der Waals surface area contributed by atoms with Gasteiger partial charge in [0.15, 0.2) is 0 Å². The minimum absolute atomic E-state index is 0.223. The van der Waals surface area contributed by atoms with Gasteiger partial charge in [0.2, 0.25) is 0 Å². The molecule has 2 rings (SSSR count). The third-order valence-corrected chi connectivity index (χ3v) is 3.92. The first-order chi connectivity index (χ1) is 9.51. The molecule has 0 bridgehead atoms. The van der Waals surface area contributed by atoms with Crippen molar-refractivity contribution < 1.29 is 14.6 Å². The van der Waals surface area contributed by atoms with Gasteiger partial charge in [-0.15, -0.1) is 0 Å². The van der Waals surface area contributed by atoms with Gasteiger partial charge in [-0.3, -0.25) is 0 Å². The predicted octanol–water partition coefficient (Wildman–Crippen LogP) is 3.15. The molecule has 0 aromatic heterocycles. The molecule has 1 saturated heterocycles. The van der Waals surface area contributed by atoms with Gasteiger partial charge in [-0.2, -0.15) is 0 Å². The van der Waals surface area contributed by atoms with Crippen LogP contribution in [0.25, 0.3) is 0 Å². The Kier molecular flexibility index (Phi) is 4.60. The number of nitrogens with zero attached hydrogens (tertiary/aromatic N) is 1. The molecule has 1 aliphatic rings. The number of likely N-dealkylation sites (tertiary alicyclic amines) is 1. The van der Waals surface area contributed by atoms with E-state index in [1.165, 1.54) is 4.90 Å². The molecule has 0 unspecified atom stereocenters. The average Bonchev–Trinajstić information content (AvgIpc) is 2.42. The van der Waals surface area contributed by atoms with Crippen molar-refractivity contribution in [3.05, 3.63) is 23.2 Å². The van der Waals surface area contributed by atoms with Crippen LogP contribution < -0.4 is 10.1 Å². The summed E-state index contributed by atoms with van der Waals surface area (Å²) in [5.74, 6) is 0.936. The van der Waals surface area contributed by atoms with Crippen LogP contribution in [-0.4, -0.2) is 42.3 Å². The summed E-state index contributed by atoms with van der Waals surface area (Å²) < 4.78 is 5.31.